The summed E-state index contributed by atoms with van der Waals surface area (Å²) in [4.78, 5) is 4.58. The highest BCUT2D eigenvalue weighted by Gasteiger charge is 2.16. The van der Waals surface area contributed by atoms with E-state index in [1.807, 2.05) is 11.8 Å². The fourth-order valence-corrected chi connectivity index (χ4v) is 3.13. The Hall–Kier alpha value is -0.740. The summed E-state index contributed by atoms with van der Waals surface area (Å²) in [6, 6.07) is 5.04. The average Bonchev–Trinajstić information content (AvgIpc) is 2.73. The van der Waals surface area contributed by atoms with Gasteiger partial charge in [0.15, 0.2) is 0 Å². The standard InChI is InChI=1S/C14H18ClFN2S/c1-3-19-9-10(2)18-13-8-11(16)4-5-12(13)17-14(18)6-7-15/h4-5,8,10H,3,6-7,9H2,1-2H3. The summed E-state index contributed by atoms with van der Waals surface area (Å²) in [5.74, 6) is 3.32. The van der Waals surface area contributed by atoms with Gasteiger partial charge in [0.05, 0.1) is 11.0 Å². The molecule has 0 saturated carbocycles. The first-order valence-corrected chi connectivity index (χ1v) is 8.16. The van der Waals surface area contributed by atoms with Crippen molar-refractivity contribution in [2.24, 2.45) is 0 Å². The molecule has 0 saturated heterocycles. The molecule has 1 aromatic heterocycles. The van der Waals surface area contributed by atoms with Gasteiger partial charge in [-0.25, -0.2) is 9.37 Å². The van der Waals surface area contributed by atoms with Crippen molar-refractivity contribution in [3.8, 4) is 0 Å². The largest absolute Gasteiger partial charge is 0.324 e. The number of imidazole rings is 1. The molecule has 104 valence electrons. The first-order valence-electron chi connectivity index (χ1n) is 6.47. The van der Waals surface area contributed by atoms with E-state index in [9.17, 15) is 4.39 Å². The molecule has 1 heterocycles. The lowest BCUT2D eigenvalue weighted by molar-refractivity contribution is 0.593. The summed E-state index contributed by atoms with van der Waals surface area (Å²) >= 11 is 7.72. The summed E-state index contributed by atoms with van der Waals surface area (Å²) in [6.45, 7) is 4.29. The maximum Gasteiger partial charge on any atom is 0.125 e. The van der Waals surface area contributed by atoms with Gasteiger partial charge < -0.3 is 4.57 Å². The minimum absolute atomic E-state index is 0.221. The summed E-state index contributed by atoms with van der Waals surface area (Å²) in [7, 11) is 0. The molecule has 0 aliphatic heterocycles. The van der Waals surface area contributed by atoms with Crippen LogP contribution in [0.2, 0.25) is 0 Å². The van der Waals surface area contributed by atoms with E-state index in [-0.39, 0.29) is 11.9 Å². The highest BCUT2D eigenvalue weighted by atomic mass is 35.5. The minimum atomic E-state index is -0.221. The molecule has 2 rings (SSSR count). The Bertz CT molecular complexity index is 556. The van der Waals surface area contributed by atoms with Crippen LogP contribution in [0.25, 0.3) is 11.0 Å². The summed E-state index contributed by atoms with van der Waals surface area (Å²) in [5.41, 5.74) is 1.71. The van der Waals surface area contributed by atoms with E-state index in [0.717, 1.165) is 28.4 Å². The quantitative estimate of drug-likeness (QED) is 0.741. The molecule has 0 N–H and O–H groups in total. The number of alkyl halides is 1. The summed E-state index contributed by atoms with van der Waals surface area (Å²) in [5, 5.41) is 0. The number of benzene rings is 1. The molecule has 0 amide bonds. The molecular weight excluding hydrogens is 283 g/mol. The van der Waals surface area contributed by atoms with Crippen LogP contribution in [0.4, 0.5) is 4.39 Å². The maximum atomic E-state index is 13.5. The van der Waals surface area contributed by atoms with Crippen LogP contribution < -0.4 is 0 Å². The van der Waals surface area contributed by atoms with Crippen LogP contribution in [0.15, 0.2) is 18.2 Å². The molecule has 0 fully saturated rings. The van der Waals surface area contributed by atoms with Gasteiger partial charge in [0.2, 0.25) is 0 Å². The van der Waals surface area contributed by atoms with Gasteiger partial charge in [0.25, 0.3) is 0 Å². The van der Waals surface area contributed by atoms with Crippen molar-refractivity contribution in [3.63, 3.8) is 0 Å². The number of halogens is 2. The van der Waals surface area contributed by atoms with Gasteiger partial charge in [-0.15, -0.1) is 11.6 Å². The van der Waals surface area contributed by atoms with Gasteiger partial charge in [0, 0.05) is 24.1 Å². The highest BCUT2D eigenvalue weighted by Crippen LogP contribution is 2.25. The molecule has 0 aliphatic carbocycles. The molecule has 2 aromatic rings. The molecule has 1 aromatic carbocycles. The predicted octanol–water partition coefficient (Wildman–Crippen LogP) is 4.27. The second kappa shape index (κ2) is 6.62. The summed E-state index contributed by atoms with van der Waals surface area (Å²) < 4.78 is 15.6. The van der Waals surface area contributed by atoms with Crippen molar-refractivity contribution in [3.05, 3.63) is 29.8 Å². The normalized spacial score (nSPS) is 13.1. The number of aromatic nitrogens is 2. The number of thioether (sulfide) groups is 1. The van der Waals surface area contributed by atoms with E-state index in [2.05, 4.69) is 23.4 Å². The van der Waals surface area contributed by atoms with E-state index >= 15 is 0 Å². The number of fused-ring (bicyclic) bond motifs is 1. The topological polar surface area (TPSA) is 17.8 Å². The van der Waals surface area contributed by atoms with Crippen molar-refractivity contribution < 1.29 is 4.39 Å². The first kappa shape index (κ1) is 14.7. The van der Waals surface area contributed by atoms with Crippen LogP contribution in [0.1, 0.15) is 25.7 Å². The molecule has 1 unspecified atom stereocenters. The second-order valence-corrected chi connectivity index (χ2v) is 6.18. The van der Waals surface area contributed by atoms with Gasteiger partial charge in [-0.3, -0.25) is 0 Å². The van der Waals surface area contributed by atoms with Gasteiger partial charge in [-0.05, 0) is 30.9 Å². The van der Waals surface area contributed by atoms with Crippen molar-refractivity contribution in [1.29, 1.82) is 0 Å². The molecule has 0 bridgehead atoms. The molecular formula is C14H18ClFN2S. The lowest BCUT2D eigenvalue weighted by Crippen LogP contribution is -2.12. The third-order valence-electron chi connectivity index (χ3n) is 3.05. The van der Waals surface area contributed by atoms with Crippen LogP contribution >= 0.6 is 23.4 Å². The van der Waals surface area contributed by atoms with E-state index in [1.54, 1.807) is 12.1 Å². The van der Waals surface area contributed by atoms with Gasteiger partial charge in [-0.2, -0.15) is 11.8 Å². The van der Waals surface area contributed by atoms with Crippen molar-refractivity contribution >= 4 is 34.4 Å². The third-order valence-corrected chi connectivity index (χ3v) is 4.36. The molecule has 0 spiro atoms. The zero-order valence-corrected chi connectivity index (χ0v) is 12.8. The predicted molar refractivity (Wildman–Crippen MR) is 81.8 cm³/mol. The van der Waals surface area contributed by atoms with E-state index in [4.69, 9.17) is 11.6 Å². The molecule has 2 nitrogen and oxygen atoms in total. The maximum absolute atomic E-state index is 13.5. The Morgan fingerprint density at radius 3 is 2.95 bits per heavy atom. The van der Waals surface area contributed by atoms with Crippen LogP contribution in [0, 0.1) is 5.82 Å². The molecule has 5 heteroatoms. The average molecular weight is 301 g/mol. The van der Waals surface area contributed by atoms with E-state index in [1.165, 1.54) is 6.07 Å². The van der Waals surface area contributed by atoms with Gasteiger partial charge >= 0.3 is 0 Å². The Labute approximate surface area is 122 Å². The van der Waals surface area contributed by atoms with Crippen LogP contribution in [0.5, 0.6) is 0 Å². The first-order chi connectivity index (χ1) is 9.17. The number of aryl methyl sites for hydroxylation is 1. The summed E-state index contributed by atoms with van der Waals surface area (Å²) in [6.07, 6.45) is 0.707. The minimum Gasteiger partial charge on any atom is -0.324 e. The molecule has 0 radical (unpaired) electrons. The number of hydrogen-bond donors (Lipinski definition) is 0. The van der Waals surface area contributed by atoms with Crippen molar-refractivity contribution in [2.75, 3.05) is 17.4 Å². The molecule has 19 heavy (non-hydrogen) atoms. The SMILES string of the molecule is CCSCC(C)n1c(CCCl)nc2ccc(F)cc21. The Morgan fingerprint density at radius 1 is 1.47 bits per heavy atom. The van der Waals surface area contributed by atoms with Crippen LogP contribution in [-0.2, 0) is 6.42 Å². The molecule has 1 atom stereocenters. The fraction of sp³-hybridized carbons (Fsp3) is 0.500. The smallest absolute Gasteiger partial charge is 0.125 e. The number of rotatable bonds is 6. The number of nitrogens with zero attached hydrogens (tertiary/aromatic N) is 2. The van der Waals surface area contributed by atoms with E-state index in [0.29, 0.717) is 12.3 Å². The molecule has 0 aliphatic rings. The Morgan fingerprint density at radius 2 is 2.26 bits per heavy atom. The Balaban J connectivity index is 2.46. The van der Waals surface area contributed by atoms with Crippen LogP contribution in [0.3, 0.4) is 0 Å². The van der Waals surface area contributed by atoms with Gasteiger partial charge in [0.1, 0.15) is 11.6 Å². The monoisotopic (exact) mass is 300 g/mol. The van der Waals surface area contributed by atoms with Crippen LogP contribution in [-0.4, -0.2) is 26.9 Å². The highest BCUT2D eigenvalue weighted by molar-refractivity contribution is 7.99. The zero-order chi connectivity index (χ0) is 13.8. The van der Waals surface area contributed by atoms with Gasteiger partial charge in [-0.1, -0.05) is 6.92 Å². The lowest BCUT2D eigenvalue weighted by atomic mass is 10.3. The fourth-order valence-electron chi connectivity index (χ4n) is 2.23. The lowest BCUT2D eigenvalue weighted by Gasteiger charge is -2.17. The van der Waals surface area contributed by atoms with Crippen molar-refractivity contribution in [2.45, 2.75) is 26.3 Å². The third kappa shape index (κ3) is 3.23. The zero-order valence-electron chi connectivity index (χ0n) is 11.2. The Kier molecular flexibility index (Phi) is 5.11. The number of hydrogen-bond acceptors (Lipinski definition) is 2. The second-order valence-electron chi connectivity index (χ2n) is 4.48. The van der Waals surface area contributed by atoms with Crippen molar-refractivity contribution in [1.82, 2.24) is 9.55 Å². The van der Waals surface area contributed by atoms with E-state index < -0.39 is 0 Å².